The van der Waals surface area contributed by atoms with Gasteiger partial charge in [-0.2, -0.15) is 5.10 Å². The Hall–Kier alpha value is -2.13. The number of rotatable bonds is 8. The summed E-state index contributed by atoms with van der Waals surface area (Å²) in [5, 5.41) is 4.35. The minimum absolute atomic E-state index is 0.952. The number of para-hydroxylation sites is 1. The first-order valence-electron chi connectivity index (χ1n) is 7.90. The fourth-order valence-corrected chi connectivity index (χ4v) is 2.29. The van der Waals surface area contributed by atoms with Gasteiger partial charge in [-0.05, 0) is 43.3 Å². The van der Waals surface area contributed by atoms with Crippen LogP contribution in [0.5, 0.6) is 0 Å². The third-order valence-electron chi connectivity index (χ3n) is 3.56. The number of unbranched alkanes of at least 4 members (excludes halogenated alkanes) is 1. The van der Waals surface area contributed by atoms with Crippen molar-refractivity contribution in [3.8, 4) is 0 Å². The molecule has 0 heterocycles. The fraction of sp³-hybridized carbons (Fsp3) is 0.316. The van der Waals surface area contributed by atoms with Gasteiger partial charge in [0.2, 0.25) is 0 Å². The standard InChI is InChI=1S/C19H25N3/c1-3-4-14-22(2)16-18-11-9-8-10-17(18)15-20-21-19-12-6-5-7-13-19/h5-13,15,21H,3-4,14,16H2,1-2H3. The highest BCUT2D eigenvalue weighted by Crippen LogP contribution is 2.10. The molecule has 3 heteroatoms. The van der Waals surface area contributed by atoms with E-state index in [1.54, 1.807) is 0 Å². The molecule has 0 saturated carbocycles. The van der Waals surface area contributed by atoms with Gasteiger partial charge < -0.3 is 4.90 Å². The van der Waals surface area contributed by atoms with Crippen LogP contribution < -0.4 is 5.43 Å². The van der Waals surface area contributed by atoms with Gasteiger partial charge >= 0.3 is 0 Å². The molecular weight excluding hydrogens is 270 g/mol. The molecule has 0 bridgehead atoms. The van der Waals surface area contributed by atoms with Crippen molar-refractivity contribution in [1.82, 2.24) is 4.90 Å². The third-order valence-corrected chi connectivity index (χ3v) is 3.56. The average Bonchev–Trinajstić information content (AvgIpc) is 2.55. The molecule has 0 unspecified atom stereocenters. The van der Waals surface area contributed by atoms with E-state index in [2.05, 4.69) is 53.7 Å². The van der Waals surface area contributed by atoms with Crippen LogP contribution in [0.1, 0.15) is 30.9 Å². The predicted molar refractivity (Wildman–Crippen MR) is 95.3 cm³/mol. The maximum absolute atomic E-state index is 4.35. The average molecular weight is 295 g/mol. The van der Waals surface area contributed by atoms with Crippen LogP contribution in [0.25, 0.3) is 0 Å². The van der Waals surface area contributed by atoms with Gasteiger partial charge in [0.05, 0.1) is 11.9 Å². The Labute approximate surface area is 133 Å². The van der Waals surface area contributed by atoms with Crippen LogP contribution in [0, 0.1) is 0 Å². The van der Waals surface area contributed by atoms with Gasteiger partial charge in [-0.25, -0.2) is 0 Å². The zero-order valence-electron chi connectivity index (χ0n) is 13.5. The first-order chi connectivity index (χ1) is 10.8. The summed E-state index contributed by atoms with van der Waals surface area (Å²) in [6.07, 6.45) is 4.37. The smallest absolute Gasteiger partial charge is 0.0561 e. The number of anilines is 1. The van der Waals surface area contributed by atoms with Crippen molar-refractivity contribution in [2.24, 2.45) is 5.10 Å². The van der Waals surface area contributed by atoms with Crippen LogP contribution >= 0.6 is 0 Å². The Bertz CT molecular complexity index is 578. The third kappa shape index (κ3) is 5.34. The second kappa shape index (κ2) is 9.00. The molecule has 0 fully saturated rings. The summed E-state index contributed by atoms with van der Waals surface area (Å²) in [6, 6.07) is 18.4. The molecule has 0 aliphatic heterocycles. The van der Waals surface area contributed by atoms with Crippen molar-refractivity contribution in [3.63, 3.8) is 0 Å². The molecule has 1 N–H and O–H groups in total. The summed E-state index contributed by atoms with van der Waals surface area (Å²) in [4.78, 5) is 2.36. The normalized spacial score (nSPS) is 11.2. The maximum Gasteiger partial charge on any atom is 0.0561 e. The minimum Gasteiger partial charge on any atom is -0.302 e. The van der Waals surface area contributed by atoms with Crippen LogP contribution in [0.15, 0.2) is 59.7 Å². The summed E-state index contributed by atoms with van der Waals surface area (Å²) in [5.41, 5.74) is 6.53. The van der Waals surface area contributed by atoms with Crippen molar-refractivity contribution in [1.29, 1.82) is 0 Å². The molecule has 0 spiro atoms. The van der Waals surface area contributed by atoms with Crippen molar-refractivity contribution < 1.29 is 0 Å². The lowest BCUT2D eigenvalue weighted by Crippen LogP contribution is -2.19. The van der Waals surface area contributed by atoms with E-state index in [1.165, 1.54) is 18.4 Å². The first-order valence-corrected chi connectivity index (χ1v) is 7.90. The summed E-state index contributed by atoms with van der Waals surface area (Å²) >= 11 is 0. The SMILES string of the molecule is CCCCN(C)Cc1ccccc1C=NNc1ccccc1. The molecule has 2 aromatic carbocycles. The minimum atomic E-state index is 0.952. The van der Waals surface area contributed by atoms with Gasteiger partial charge in [0, 0.05) is 6.54 Å². The van der Waals surface area contributed by atoms with E-state index in [9.17, 15) is 0 Å². The number of nitrogens with one attached hydrogen (secondary N) is 1. The van der Waals surface area contributed by atoms with Crippen molar-refractivity contribution in [2.75, 3.05) is 19.0 Å². The number of hydrazone groups is 1. The largest absolute Gasteiger partial charge is 0.302 e. The van der Waals surface area contributed by atoms with Crippen LogP contribution in [0.3, 0.4) is 0 Å². The van der Waals surface area contributed by atoms with Gasteiger partial charge in [0.15, 0.2) is 0 Å². The molecule has 0 aliphatic rings. The summed E-state index contributed by atoms with van der Waals surface area (Å²) in [7, 11) is 2.17. The molecule has 116 valence electrons. The van der Waals surface area contributed by atoms with Gasteiger partial charge in [0.1, 0.15) is 0 Å². The molecule has 0 amide bonds. The first kappa shape index (κ1) is 16.2. The van der Waals surface area contributed by atoms with E-state index < -0.39 is 0 Å². The zero-order valence-corrected chi connectivity index (χ0v) is 13.5. The van der Waals surface area contributed by atoms with Crippen molar-refractivity contribution in [3.05, 3.63) is 65.7 Å². The summed E-state index contributed by atoms with van der Waals surface area (Å²) in [5.74, 6) is 0. The molecule has 0 saturated heterocycles. The van der Waals surface area contributed by atoms with Crippen LogP contribution in [-0.2, 0) is 6.54 Å². The van der Waals surface area contributed by atoms with E-state index in [-0.39, 0.29) is 0 Å². The second-order valence-corrected chi connectivity index (χ2v) is 5.53. The summed E-state index contributed by atoms with van der Waals surface area (Å²) in [6.45, 7) is 4.31. The van der Waals surface area contributed by atoms with Crippen molar-refractivity contribution in [2.45, 2.75) is 26.3 Å². The monoisotopic (exact) mass is 295 g/mol. The molecule has 22 heavy (non-hydrogen) atoms. The molecule has 0 aliphatic carbocycles. The van der Waals surface area contributed by atoms with Gasteiger partial charge in [-0.3, -0.25) is 5.43 Å². The number of nitrogens with zero attached hydrogens (tertiary/aromatic N) is 2. The number of hydrogen-bond donors (Lipinski definition) is 1. The van der Waals surface area contributed by atoms with E-state index in [1.807, 2.05) is 36.5 Å². The van der Waals surface area contributed by atoms with Crippen molar-refractivity contribution >= 4 is 11.9 Å². The Balaban J connectivity index is 1.98. The fourth-order valence-electron chi connectivity index (χ4n) is 2.29. The highest BCUT2D eigenvalue weighted by atomic mass is 15.3. The lowest BCUT2D eigenvalue weighted by molar-refractivity contribution is 0.320. The Morgan fingerprint density at radius 3 is 2.55 bits per heavy atom. The lowest BCUT2D eigenvalue weighted by Gasteiger charge is -2.17. The highest BCUT2D eigenvalue weighted by molar-refractivity contribution is 5.82. The van der Waals surface area contributed by atoms with Crippen LogP contribution in [0.4, 0.5) is 5.69 Å². The van der Waals surface area contributed by atoms with Crippen LogP contribution in [-0.4, -0.2) is 24.7 Å². The van der Waals surface area contributed by atoms with Gasteiger partial charge in [-0.15, -0.1) is 0 Å². The molecule has 0 aromatic heterocycles. The highest BCUT2D eigenvalue weighted by Gasteiger charge is 2.03. The zero-order chi connectivity index (χ0) is 15.6. The maximum atomic E-state index is 4.35. The number of benzene rings is 2. The summed E-state index contributed by atoms with van der Waals surface area (Å²) < 4.78 is 0. The Morgan fingerprint density at radius 2 is 1.77 bits per heavy atom. The van der Waals surface area contributed by atoms with E-state index >= 15 is 0 Å². The molecule has 2 rings (SSSR count). The quantitative estimate of drug-likeness (QED) is 0.578. The van der Waals surface area contributed by atoms with Gasteiger partial charge in [-0.1, -0.05) is 55.8 Å². The molecule has 2 aromatic rings. The molecular formula is C19H25N3. The second-order valence-electron chi connectivity index (χ2n) is 5.53. The van der Waals surface area contributed by atoms with Gasteiger partial charge in [0.25, 0.3) is 0 Å². The topological polar surface area (TPSA) is 27.6 Å². The molecule has 0 atom stereocenters. The number of hydrogen-bond acceptors (Lipinski definition) is 3. The van der Waals surface area contributed by atoms with E-state index in [4.69, 9.17) is 0 Å². The Morgan fingerprint density at radius 1 is 1.05 bits per heavy atom. The molecule has 0 radical (unpaired) electrons. The predicted octanol–water partition coefficient (Wildman–Crippen LogP) is 4.36. The van der Waals surface area contributed by atoms with E-state index in [0.717, 1.165) is 24.3 Å². The van der Waals surface area contributed by atoms with E-state index in [0.29, 0.717) is 0 Å². The molecule has 3 nitrogen and oxygen atoms in total. The van der Waals surface area contributed by atoms with Crippen LogP contribution in [0.2, 0.25) is 0 Å². The lowest BCUT2D eigenvalue weighted by atomic mass is 10.1. The Kier molecular flexibility index (Phi) is 6.65.